The molecule has 0 spiro atoms. The highest BCUT2D eigenvalue weighted by molar-refractivity contribution is 7.90. The van der Waals surface area contributed by atoms with Crippen LogP contribution >= 0.6 is 0 Å². The van der Waals surface area contributed by atoms with Crippen molar-refractivity contribution in [3.63, 3.8) is 0 Å². The predicted molar refractivity (Wildman–Crippen MR) is 287 cm³/mol. The number of aryl methyl sites for hydroxylation is 6. The number of amides is 4. The molecule has 4 amide bonds. The van der Waals surface area contributed by atoms with E-state index in [1.165, 1.54) is 6.20 Å². The highest BCUT2D eigenvalue weighted by atomic mass is 32.2. The van der Waals surface area contributed by atoms with Crippen LogP contribution in [-0.4, -0.2) is 93.4 Å². The van der Waals surface area contributed by atoms with Crippen LogP contribution < -0.4 is 31.7 Å². The number of nitrogens with one attached hydrogen (secondary N) is 5. The summed E-state index contributed by atoms with van der Waals surface area (Å²) in [6.45, 7) is 18.1. The average molecular weight is 1070 g/mol. The van der Waals surface area contributed by atoms with Crippen molar-refractivity contribution in [3.05, 3.63) is 130 Å². The van der Waals surface area contributed by atoms with Gasteiger partial charge in [-0.2, -0.15) is 0 Å². The Balaban J connectivity index is 1.45. The summed E-state index contributed by atoms with van der Waals surface area (Å²) in [6, 6.07) is 18.6. The van der Waals surface area contributed by atoms with Gasteiger partial charge in [0.25, 0.3) is 20.0 Å². The number of alkyl carbamates (subject to hydrolysis) is 1. The number of aliphatic imine (C=N–C) groups is 1. The standard InChI is InChI=1S/C54H70N8O11S2/c1-32(2)46(51(66)57-29-45(63)72-31-39-18-13-12-14-19-39)60-49(64)42(21-17-23-56-52(55)61-74(68,69)47-35(5)24-33(3)25-36(47)6)58-50(65)43(59-53(67)73-54(9,10)11)28-40-30-62(44-22-16-15-20-41(40)44)75(70,71)48-37(7)26-34(4)27-38(48)8/h12-16,18-20,22,24-27,30,32,42-43,46H,17,21,23,28-29,31H2,1-11H3,(H,57,66)(H,58,65)(H,59,67)(H,60,64)(H3,55,56,61)/t42-,43-,46-/m0/s1. The lowest BCUT2D eigenvalue weighted by Crippen LogP contribution is -2.58. The lowest BCUT2D eigenvalue weighted by atomic mass is 10.0. The molecule has 0 aliphatic carbocycles. The van der Waals surface area contributed by atoms with E-state index < -0.39 is 92.0 Å². The number of ether oxygens (including phenoxy) is 2. The Labute approximate surface area is 439 Å². The summed E-state index contributed by atoms with van der Waals surface area (Å²) < 4.78 is 70.1. The second kappa shape index (κ2) is 24.8. The van der Waals surface area contributed by atoms with Crippen molar-refractivity contribution in [3.8, 4) is 0 Å². The molecule has 0 radical (unpaired) electrons. The van der Waals surface area contributed by atoms with Gasteiger partial charge in [0.1, 0.15) is 36.9 Å². The molecule has 21 heteroatoms. The van der Waals surface area contributed by atoms with Crippen molar-refractivity contribution in [1.29, 1.82) is 0 Å². The number of benzene rings is 4. The number of para-hydroxylation sites is 1. The third kappa shape index (κ3) is 15.9. The van der Waals surface area contributed by atoms with E-state index in [1.807, 2.05) is 19.9 Å². The Hall–Kier alpha value is -7.26. The molecule has 0 aliphatic rings. The first kappa shape index (κ1) is 58.6. The zero-order valence-corrected chi connectivity index (χ0v) is 46.0. The Morgan fingerprint density at radius 1 is 0.720 bits per heavy atom. The zero-order valence-electron chi connectivity index (χ0n) is 44.4. The Morgan fingerprint density at radius 2 is 1.28 bits per heavy atom. The maximum absolute atomic E-state index is 14.7. The van der Waals surface area contributed by atoms with E-state index >= 15 is 0 Å². The van der Waals surface area contributed by atoms with Crippen LogP contribution in [0.15, 0.2) is 99.8 Å². The number of aromatic nitrogens is 1. The van der Waals surface area contributed by atoms with Gasteiger partial charge in [-0.25, -0.2) is 30.3 Å². The number of carbonyl (C=O) groups is 5. The summed E-state index contributed by atoms with van der Waals surface area (Å²) in [6.07, 6.45) is 0.0194. The van der Waals surface area contributed by atoms with Crippen LogP contribution in [0.2, 0.25) is 0 Å². The molecule has 0 aliphatic heterocycles. The number of hydrogen-bond donors (Lipinski definition) is 6. The van der Waals surface area contributed by atoms with Crippen LogP contribution in [-0.2, 0) is 61.7 Å². The summed E-state index contributed by atoms with van der Waals surface area (Å²) in [4.78, 5) is 73.2. The number of nitrogens with two attached hydrogens (primary N) is 1. The van der Waals surface area contributed by atoms with Crippen LogP contribution in [0.3, 0.4) is 0 Å². The van der Waals surface area contributed by atoms with Crippen molar-refractivity contribution in [2.24, 2.45) is 16.6 Å². The highest BCUT2D eigenvalue weighted by Gasteiger charge is 2.34. The Morgan fingerprint density at radius 3 is 1.87 bits per heavy atom. The van der Waals surface area contributed by atoms with Crippen LogP contribution in [0, 0.1) is 47.5 Å². The van der Waals surface area contributed by atoms with Gasteiger partial charge in [-0.05, 0) is 121 Å². The molecule has 75 heavy (non-hydrogen) atoms. The van der Waals surface area contributed by atoms with E-state index in [0.717, 1.165) is 20.7 Å². The maximum Gasteiger partial charge on any atom is 0.408 e. The lowest BCUT2D eigenvalue weighted by molar-refractivity contribution is -0.145. The first-order valence-electron chi connectivity index (χ1n) is 24.5. The molecule has 0 unspecified atom stereocenters. The summed E-state index contributed by atoms with van der Waals surface area (Å²) in [5.41, 5.74) is 10.4. The van der Waals surface area contributed by atoms with E-state index in [9.17, 15) is 40.8 Å². The van der Waals surface area contributed by atoms with Crippen molar-refractivity contribution < 1.29 is 50.3 Å². The molecular weight excluding hydrogens is 1000 g/mol. The van der Waals surface area contributed by atoms with Crippen LogP contribution in [0.25, 0.3) is 10.9 Å². The molecular formula is C54H70N8O11S2. The van der Waals surface area contributed by atoms with E-state index in [4.69, 9.17) is 15.2 Å². The minimum Gasteiger partial charge on any atom is -0.460 e. The third-order valence-electron chi connectivity index (χ3n) is 11.9. The van der Waals surface area contributed by atoms with Crippen LogP contribution in [0.4, 0.5) is 4.79 Å². The fraction of sp³-hybridized carbons (Fsp3) is 0.407. The van der Waals surface area contributed by atoms with E-state index in [-0.39, 0.29) is 42.2 Å². The molecule has 4 aromatic carbocycles. The van der Waals surface area contributed by atoms with Crippen molar-refractivity contribution in [2.75, 3.05) is 13.1 Å². The number of guanidine groups is 1. The van der Waals surface area contributed by atoms with Gasteiger partial charge >= 0.3 is 12.1 Å². The normalized spacial score (nSPS) is 13.4. The molecule has 0 saturated heterocycles. The summed E-state index contributed by atoms with van der Waals surface area (Å²) in [7, 11) is -8.37. The minimum atomic E-state index is -4.22. The van der Waals surface area contributed by atoms with Gasteiger partial charge in [-0.3, -0.25) is 24.2 Å². The number of esters is 1. The number of sulfonamides is 1. The minimum absolute atomic E-state index is 0.0212. The highest BCUT2D eigenvalue weighted by Crippen LogP contribution is 2.31. The van der Waals surface area contributed by atoms with Gasteiger partial charge < -0.3 is 36.5 Å². The van der Waals surface area contributed by atoms with Gasteiger partial charge in [0.2, 0.25) is 23.7 Å². The third-order valence-corrected chi connectivity index (χ3v) is 15.5. The predicted octanol–water partition coefficient (Wildman–Crippen LogP) is 5.72. The van der Waals surface area contributed by atoms with Crippen LogP contribution in [0.5, 0.6) is 0 Å². The number of carbonyl (C=O) groups excluding carboxylic acids is 5. The maximum atomic E-state index is 14.7. The Bertz CT molecular complexity index is 3140. The number of hydrogen-bond acceptors (Lipinski definition) is 12. The molecule has 5 rings (SSSR count). The molecule has 3 atom stereocenters. The topological polar surface area (TPSA) is 276 Å². The summed E-state index contributed by atoms with van der Waals surface area (Å²) in [5.74, 6) is -4.09. The summed E-state index contributed by atoms with van der Waals surface area (Å²) in [5, 5.41) is 11.0. The molecule has 1 heterocycles. The van der Waals surface area contributed by atoms with Gasteiger partial charge in [0.15, 0.2) is 0 Å². The molecule has 7 N–H and O–H groups in total. The monoisotopic (exact) mass is 1070 g/mol. The van der Waals surface area contributed by atoms with E-state index in [0.29, 0.717) is 38.7 Å². The molecule has 1 aromatic heterocycles. The molecule has 404 valence electrons. The van der Waals surface area contributed by atoms with Gasteiger partial charge in [0, 0.05) is 24.5 Å². The van der Waals surface area contributed by atoms with E-state index in [2.05, 4.69) is 31.0 Å². The largest absolute Gasteiger partial charge is 0.460 e. The lowest BCUT2D eigenvalue weighted by Gasteiger charge is -2.27. The van der Waals surface area contributed by atoms with Gasteiger partial charge in [-0.15, -0.1) is 0 Å². The van der Waals surface area contributed by atoms with Crippen molar-refractivity contribution in [1.82, 2.24) is 30.0 Å². The quantitative estimate of drug-likeness (QED) is 0.0223. The fourth-order valence-corrected chi connectivity index (χ4v) is 12.0. The van der Waals surface area contributed by atoms with Crippen molar-refractivity contribution in [2.45, 2.75) is 136 Å². The van der Waals surface area contributed by atoms with Gasteiger partial charge in [-0.1, -0.05) is 97.8 Å². The van der Waals surface area contributed by atoms with Crippen molar-refractivity contribution >= 4 is 66.7 Å². The number of rotatable bonds is 21. The first-order valence-corrected chi connectivity index (χ1v) is 27.4. The second-order valence-electron chi connectivity index (χ2n) is 20.0. The summed E-state index contributed by atoms with van der Waals surface area (Å²) >= 11 is 0. The number of nitrogens with zero attached hydrogens (tertiary/aromatic N) is 2. The van der Waals surface area contributed by atoms with Gasteiger partial charge in [0.05, 0.1) is 15.3 Å². The molecule has 0 saturated carbocycles. The second-order valence-corrected chi connectivity index (χ2v) is 23.4. The SMILES string of the molecule is Cc1cc(C)c(S(=O)(=O)NC(N)=NCCC[C@H](NC(=O)[C@H](Cc2cn(S(=O)(=O)c3c(C)cc(C)cc3C)c3ccccc23)NC(=O)OC(C)(C)C)C(=O)N[C@H](C(=O)NCC(=O)OCc2ccccc2)C(C)C)c(C)c1. The van der Waals surface area contributed by atoms with Crippen LogP contribution in [0.1, 0.15) is 92.0 Å². The Kier molecular flexibility index (Phi) is 19.4. The smallest absolute Gasteiger partial charge is 0.408 e. The molecule has 0 fully saturated rings. The molecule has 5 aromatic rings. The molecule has 19 nitrogen and oxygen atoms in total. The fourth-order valence-electron chi connectivity index (χ4n) is 8.83. The zero-order chi connectivity index (χ0) is 55.6. The number of fused-ring (bicyclic) bond motifs is 1. The van der Waals surface area contributed by atoms with E-state index in [1.54, 1.807) is 135 Å². The molecule has 0 bridgehead atoms. The first-order chi connectivity index (χ1) is 35.1. The average Bonchev–Trinajstić information content (AvgIpc) is 3.67.